The Morgan fingerprint density at radius 1 is 1.39 bits per heavy atom. The number of rotatable bonds is 4. The second-order valence-electron chi connectivity index (χ2n) is 4.14. The standard InChI is InChI=1S/C11H16N4O3/c1-13(2)11(16)7-14(3)8-4-5-10(15(17)18)9(12)6-8/h4-6H,7,12H2,1-3H3. The molecule has 0 fully saturated rings. The van der Waals surface area contributed by atoms with Crippen molar-refractivity contribution in [2.45, 2.75) is 0 Å². The molecule has 7 nitrogen and oxygen atoms in total. The van der Waals surface area contributed by atoms with Gasteiger partial charge in [0, 0.05) is 32.9 Å². The first-order valence-electron chi connectivity index (χ1n) is 5.28. The van der Waals surface area contributed by atoms with Gasteiger partial charge in [0.25, 0.3) is 5.69 Å². The number of likely N-dealkylation sites (N-methyl/N-ethyl adjacent to an activating group) is 2. The average molecular weight is 252 g/mol. The number of hydrogen-bond donors (Lipinski definition) is 1. The Kier molecular flexibility index (Phi) is 4.09. The van der Waals surface area contributed by atoms with Crippen LogP contribution in [0.1, 0.15) is 0 Å². The number of amides is 1. The Bertz CT molecular complexity index is 473. The van der Waals surface area contributed by atoms with Crippen LogP contribution in [0.25, 0.3) is 0 Å². The van der Waals surface area contributed by atoms with Crippen LogP contribution in [0.3, 0.4) is 0 Å². The highest BCUT2D eigenvalue weighted by Gasteiger charge is 2.14. The summed E-state index contributed by atoms with van der Waals surface area (Å²) in [5.74, 6) is -0.0607. The van der Waals surface area contributed by atoms with Gasteiger partial charge in [0.15, 0.2) is 0 Å². The Labute approximate surface area is 105 Å². The fourth-order valence-electron chi connectivity index (χ4n) is 1.38. The highest BCUT2D eigenvalue weighted by molar-refractivity contribution is 5.81. The SMILES string of the molecule is CN(C)C(=O)CN(C)c1ccc([N+](=O)[O-])c(N)c1. The average Bonchev–Trinajstić information content (AvgIpc) is 2.27. The van der Waals surface area contributed by atoms with Crippen molar-refractivity contribution in [2.24, 2.45) is 0 Å². The molecule has 0 aliphatic carbocycles. The minimum atomic E-state index is -0.538. The maximum atomic E-state index is 11.5. The van der Waals surface area contributed by atoms with Gasteiger partial charge in [-0.1, -0.05) is 0 Å². The molecule has 0 atom stereocenters. The third-order valence-electron chi connectivity index (χ3n) is 2.52. The van der Waals surface area contributed by atoms with Gasteiger partial charge in [-0.2, -0.15) is 0 Å². The first-order valence-corrected chi connectivity index (χ1v) is 5.28. The van der Waals surface area contributed by atoms with Gasteiger partial charge in [-0.15, -0.1) is 0 Å². The Hall–Kier alpha value is -2.31. The van der Waals surface area contributed by atoms with Crippen molar-refractivity contribution < 1.29 is 9.72 Å². The molecule has 1 aromatic rings. The molecule has 1 amide bonds. The molecule has 0 radical (unpaired) electrons. The summed E-state index contributed by atoms with van der Waals surface area (Å²) in [6.45, 7) is 0.185. The zero-order valence-electron chi connectivity index (χ0n) is 10.6. The summed E-state index contributed by atoms with van der Waals surface area (Å²) < 4.78 is 0. The molecule has 0 bridgehead atoms. The molecule has 18 heavy (non-hydrogen) atoms. The van der Waals surface area contributed by atoms with Crippen molar-refractivity contribution in [1.29, 1.82) is 0 Å². The quantitative estimate of drug-likeness (QED) is 0.483. The number of carbonyl (C=O) groups is 1. The molecule has 0 spiro atoms. The van der Waals surface area contributed by atoms with Gasteiger partial charge in [0.05, 0.1) is 11.5 Å². The molecule has 0 aromatic heterocycles. The van der Waals surface area contributed by atoms with E-state index >= 15 is 0 Å². The van der Waals surface area contributed by atoms with Gasteiger partial charge in [-0.3, -0.25) is 14.9 Å². The number of carbonyl (C=O) groups excluding carboxylic acids is 1. The van der Waals surface area contributed by atoms with Crippen molar-refractivity contribution in [3.05, 3.63) is 28.3 Å². The monoisotopic (exact) mass is 252 g/mol. The highest BCUT2D eigenvalue weighted by Crippen LogP contribution is 2.26. The molecular weight excluding hydrogens is 236 g/mol. The van der Waals surface area contributed by atoms with E-state index in [-0.39, 0.29) is 23.8 Å². The molecule has 0 unspecified atom stereocenters. The van der Waals surface area contributed by atoms with Crippen molar-refractivity contribution in [3.8, 4) is 0 Å². The maximum absolute atomic E-state index is 11.5. The van der Waals surface area contributed by atoms with E-state index in [2.05, 4.69) is 0 Å². The number of anilines is 2. The number of nitrogens with zero attached hydrogens (tertiary/aromatic N) is 3. The third kappa shape index (κ3) is 3.09. The number of hydrogen-bond acceptors (Lipinski definition) is 5. The van der Waals surface area contributed by atoms with Crippen LogP contribution in [-0.4, -0.2) is 43.4 Å². The first-order chi connectivity index (χ1) is 8.32. The van der Waals surface area contributed by atoms with Crippen molar-refractivity contribution in [1.82, 2.24) is 4.90 Å². The van der Waals surface area contributed by atoms with E-state index in [9.17, 15) is 14.9 Å². The predicted octanol–water partition coefficient (Wildman–Crippen LogP) is 0.701. The number of nitro benzene ring substituents is 1. The Morgan fingerprint density at radius 3 is 2.44 bits per heavy atom. The van der Waals surface area contributed by atoms with Gasteiger partial charge < -0.3 is 15.5 Å². The zero-order valence-corrected chi connectivity index (χ0v) is 10.6. The molecule has 98 valence electrons. The number of nitrogens with two attached hydrogens (primary N) is 1. The van der Waals surface area contributed by atoms with Crippen molar-refractivity contribution >= 4 is 23.0 Å². The Morgan fingerprint density at radius 2 is 2.00 bits per heavy atom. The highest BCUT2D eigenvalue weighted by atomic mass is 16.6. The molecule has 1 aromatic carbocycles. The van der Waals surface area contributed by atoms with Crippen LogP contribution in [0.5, 0.6) is 0 Å². The van der Waals surface area contributed by atoms with E-state index in [1.54, 1.807) is 32.1 Å². The van der Waals surface area contributed by atoms with Crippen LogP contribution >= 0.6 is 0 Å². The Balaban J connectivity index is 2.88. The lowest BCUT2D eigenvalue weighted by Crippen LogP contribution is -2.34. The molecule has 0 aliphatic rings. The molecule has 1 rings (SSSR count). The molecule has 2 N–H and O–H groups in total. The lowest BCUT2D eigenvalue weighted by molar-refractivity contribution is -0.383. The van der Waals surface area contributed by atoms with Crippen LogP contribution < -0.4 is 10.6 Å². The molecular formula is C11H16N4O3. The molecule has 0 aliphatic heterocycles. The summed E-state index contributed by atoms with van der Waals surface area (Å²) >= 11 is 0. The van der Waals surface area contributed by atoms with Gasteiger partial charge in [0.1, 0.15) is 5.69 Å². The van der Waals surface area contributed by atoms with E-state index in [4.69, 9.17) is 5.73 Å². The topological polar surface area (TPSA) is 92.7 Å². The van der Waals surface area contributed by atoms with Crippen LogP contribution in [0.4, 0.5) is 17.1 Å². The fourth-order valence-corrected chi connectivity index (χ4v) is 1.38. The summed E-state index contributed by atoms with van der Waals surface area (Å²) in [5.41, 5.74) is 6.20. The summed E-state index contributed by atoms with van der Waals surface area (Å²) in [5, 5.41) is 10.6. The van der Waals surface area contributed by atoms with Crippen LogP contribution in [0.15, 0.2) is 18.2 Å². The van der Waals surface area contributed by atoms with Crippen LogP contribution in [0, 0.1) is 10.1 Å². The second kappa shape index (κ2) is 5.35. The van der Waals surface area contributed by atoms with Gasteiger partial charge >= 0.3 is 0 Å². The van der Waals surface area contributed by atoms with Crippen molar-refractivity contribution in [3.63, 3.8) is 0 Å². The predicted molar refractivity (Wildman–Crippen MR) is 69.5 cm³/mol. The largest absolute Gasteiger partial charge is 0.393 e. The smallest absolute Gasteiger partial charge is 0.292 e. The molecule has 0 saturated heterocycles. The zero-order chi connectivity index (χ0) is 13.9. The van der Waals surface area contributed by atoms with E-state index in [0.717, 1.165) is 0 Å². The summed E-state index contributed by atoms with van der Waals surface area (Å²) in [4.78, 5) is 24.8. The molecule has 0 heterocycles. The summed E-state index contributed by atoms with van der Waals surface area (Å²) in [7, 11) is 5.06. The number of nitrogen functional groups attached to an aromatic ring is 1. The van der Waals surface area contributed by atoms with E-state index in [1.807, 2.05) is 0 Å². The first kappa shape index (κ1) is 13.8. The number of nitro groups is 1. The summed E-state index contributed by atoms with van der Waals surface area (Å²) in [6, 6.07) is 4.39. The van der Waals surface area contributed by atoms with E-state index in [0.29, 0.717) is 5.69 Å². The maximum Gasteiger partial charge on any atom is 0.292 e. The van der Waals surface area contributed by atoms with Crippen molar-refractivity contribution in [2.75, 3.05) is 38.3 Å². The van der Waals surface area contributed by atoms with Gasteiger partial charge in [0.2, 0.25) is 5.91 Å². The lowest BCUT2D eigenvalue weighted by atomic mass is 10.2. The second-order valence-corrected chi connectivity index (χ2v) is 4.14. The minimum Gasteiger partial charge on any atom is -0.393 e. The summed E-state index contributed by atoms with van der Waals surface area (Å²) in [6.07, 6.45) is 0. The van der Waals surface area contributed by atoms with Crippen LogP contribution in [0.2, 0.25) is 0 Å². The van der Waals surface area contributed by atoms with Crippen LogP contribution in [-0.2, 0) is 4.79 Å². The van der Waals surface area contributed by atoms with Gasteiger partial charge in [-0.25, -0.2) is 0 Å². The van der Waals surface area contributed by atoms with Gasteiger partial charge in [-0.05, 0) is 12.1 Å². The fraction of sp³-hybridized carbons (Fsp3) is 0.364. The third-order valence-corrected chi connectivity index (χ3v) is 2.52. The molecule has 7 heteroatoms. The van der Waals surface area contributed by atoms with E-state index < -0.39 is 4.92 Å². The number of benzene rings is 1. The van der Waals surface area contributed by atoms with E-state index in [1.165, 1.54) is 17.0 Å². The normalized spacial score (nSPS) is 9.94. The lowest BCUT2D eigenvalue weighted by Gasteiger charge is -2.21. The molecule has 0 saturated carbocycles. The minimum absolute atomic E-state index is 0.0607.